The number of aryl methyl sites for hydroxylation is 4. The van der Waals surface area contributed by atoms with Gasteiger partial charge in [0.15, 0.2) is 11.6 Å². The number of aliphatic carboxylic acids is 1. The molecular formula is C59H75F6LiN4O10. The molecule has 0 aliphatic carbocycles. The van der Waals surface area contributed by atoms with E-state index >= 15 is 0 Å². The minimum atomic E-state index is -4.46. The largest absolute Gasteiger partial charge is 1.00 e. The summed E-state index contributed by atoms with van der Waals surface area (Å²) in [5.74, 6) is -8.19. The van der Waals surface area contributed by atoms with E-state index < -0.39 is 84.7 Å². The van der Waals surface area contributed by atoms with E-state index in [4.69, 9.17) is 4.74 Å². The molecule has 4 aromatic rings. The molecule has 0 saturated carbocycles. The number of pyridine rings is 2. The molecular weight excluding hydrogens is 1050 g/mol. The summed E-state index contributed by atoms with van der Waals surface area (Å²) in [6.45, 7) is 15.2. The summed E-state index contributed by atoms with van der Waals surface area (Å²) in [6, 6.07) is 13.9. The molecule has 80 heavy (non-hydrogen) atoms. The van der Waals surface area contributed by atoms with Crippen molar-refractivity contribution in [3.63, 3.8) is 0 Å². The van der Waals surface area contributed by atoms with Crippen molar-refractivity contribution in [1.29, 1.82) is 0 Å². The van der Waals surface area contributed by atoms with Gasteiger partial charge in [-0.25, -0.2) is 0 Å². The Balaban J connectivity index is 0.000000527. The molecule has 6 atom stereocenters. The minimum absolute atomic E-state index is 0. The molecule has 2 unspecified atom stereocenters. The van der Waals surface area contributed by atoms with Gasteiger partial charge in [-0.15, -0.1) is 0 Å². The number of amides is 2. The van der Waals surface area contributed by atoms with Crippen molar-refractivity contribution in [3.8, 4) is 22.3 Å². The van der Waals surface area contributed by atoms with E-state index in [0.717, 1.165) is 44.5 Å². The summed E-state index contributed by atoms with van der Waals surface area (Å²) in [4.78, 5) is 88.3. The fraction of sp³-hybridized carbons (Fsp3) is 0.525. The first-order valence-corrected chi connectivity index (χ1v) is 26.2. The number of carboxylic acids is 1. The average Bonchev–Trinajstić information content (AvgIpc) is 3.34. The Labute approximate surface area is 476 Å². The molecule has 2 aromatic carbocycles. The molecule has 2 aliphatic heterocycles. The van der Waals surface area contributed by atoms with Crippen LogP contribution in [0, 0.1) is 51.4 Å². The number of alkyl halides is 6. The summed E-state index contributed by atoms with van der Waals surface area (Å²) in [7, 11) is 1.28. The van der Waals surface area contributed by atoms with Crippen molar-refractivity contribution < 1.29 is 94.8 Å². The zero-order valence-corrected chi connectivity index (χ0v) is 47.3. The number of methoxy groups -OCH3 is 1. The van der Waals surface area contributed by atoms with Gasteiger partial charge in [0.1, 0.15) is 0 Å². The van der Waals surface area contributed by atoms with E-state index in [9.17, 15) is 60.2 Å². The van der Waals surface area contributed by atoms with Gasteiger partial charge in [0, 0.05) is 86.5 Å². The van der Waals surface area contributed by atoms with Gasteiger partial charge in [-0.2, -0.15) is 26.3 Å². The van der Waals surface area contributed by atoms with Crippen molar-refractivity contribution in [2.45, 2.75) is 156 Å². The smallest absolute Gasteiger partial charge is 0.870 e. The van der Waals surface area contributed by atoms with Gasteiger partial charge < -0.3 is 30.6 Å². The first-order valence-electron chi connectivity index (χ1n) is 26.2. The van der Waals surface area contributed by atoms with Crippen LogP contribution in [0.2, 0.25) is 0 Å². The molecule has 0 radical (unpaired) electrons. The molecule has 4 N–H and O–H groups in total. The summed E-state index contributed by atoms with van der Waals surface area (Å²) in [5.41, 5.74) is 9.13. The van der Waals surface area contributed by atoms with Crippen LogP contribution in [0.25, 0.3) is 22.3 Å². The van der Waals surface area contributed by atoms with E-state index in [1.54, 1.807) is 24.8 Å². The van der Waals surface area contributed by atoms with Crippen LogP contribution < -0.4 is 18.9 Å². The average molecular weight is 1120 g/mol. The number of hydrogen-bond acceptors (Lipinski definition) is 10. The minimum Gasteiger partial charge on any atom is -0.870 e. The normalized spacial score (nSPS) is 17.2. The monoisotopic (exact) mass is 1120 g/mol. The zero-order chi connectivity index (χ0) is 57.1. The number of rotatable bonds is 20. The van der Waals surface area contributed by atoms with Crippen molar-refractivity contribution in [1.82, 2.24) is 19.8 Å². The van der Waals surface area contributed by atoms with Crippen LogP contribution in [-0.2, 0) is 33.5 Å². The van der Waals surface area contributed by atoms with E-state index in [1.807, 2.05) is 104 Å². The molecule has 21 heteroatoms. The Morgan fingerprint density at radius 1 is 0.625 bits per heavy atom. The topological polar surface area (TPSA) is 226 Å². The van der Waals surface area contributed by atoms with Crippen molar-refractivity contribution >= 4 is 35.3 Å². The van der Waals surface area contributed by atoms with Crippen LogP contribution in [0.4, 0.5) is 26.3 Å². The second-order valence-corrected chi connectivity index (χ2v) is 21.6. The number of ether oxygens (including phenoxy) is 1. The van der Waals surface area contributed by atoms with Crippen LogP contribution in [0.15, 0.2) is 73.3 Å². The Hall–Kier alpha value is -5.94. The molecule has 4 heterocycles. The summed E-state index contributed by atoms with van der Waals surface area (Å²) >= 11 is 0. The predicted octanol–water partition coefficient (Wildman–Crippen LogP) is 8.29. The van der Waals surface area contributed by atoms with Gasteiger partial charge in [0.25, 0.3) is 0 Å². The number of carbonyl (C=O) groups is 6. The fourth-order valence-electron chi connectivity index (χ4n) is 10.7. The first kappa shape index (κ1) is 70.2. The number of piperidine rings is 2. The molecule has 14 nitrogen and oxygen atoms in total. The molecule has 2 fully saturated rings. The number of esters is 1. The number of Topliss-reactive ketones (excluding diaryl/α,β-unsaturated/α-hetero) is 2. The number of benzene rings is 2. The molecule has 2 aromatic heterocycles. The fourth-order valence-corrected chi connectivity index (χ4v) is 10.7. The van der Waals surface area contributed by atoms with E-state index in [1.165, 1.54) is 16.9 Å². The maximum Gasteiger partial charge on any atom is 1.00 e. The SMILES string of the molecule is COC(=O)C[C@H](CC(=O)[C@@H](CC(C)C)N1CCC(C(F)(F)F)CC1=O)c1cncc(-c2c(C)cccc2C)c1.Cc1cccc(C)c1-c1cncc([C@H](CC(=O)O)CC(=O)[C@@H](CC(C)C)N2CCC(C(F)(F)F)CC2=O)c1.O.[Li+].[OH-]. The van der Waals surface area contributed by atoms with Crippen LogP contribution in [-0.4, -0.2) is 116 Å². The van der Waals surface area contributed by atoms with Crippen LogP contribution >= 0.6 is 0 Å². The summed E-state index contributed by atoms with van der Waals surface area (Å²) in [6.07, 6.45) is -4.11. The maximum atomic E-state index is 13.7. The van der Waals surface area contributed by atoms with Crippen LogP contribution in [0.1, 0.15) is 137 Å². The van der Waals surface area contributed by atoms with Crippen molar-refractivity contribution in [2.24, 2.45) is 23.7 Å². The number of nitrogens with zero attached hydrogens (tertiary/aromatic N) is 4. The van der Waals surface area contributed by atoms with E-state index in [2.05, 4.69) is 9.97 Å². The number of likely N-dealkylation sites (tertiary alicyclic amines) is 2. The molecule has 434 valence electrons. The third kappa shape index (κ3) is 19.1. The second kappa shape index (κ2) is 30.8. The van der Waals surface area contributed by atoms with Gasteiger partial charge in [-0.3, -0.25) is 38.7 Å². The number of ketones is 2. The predicted molar refractivity (Wildman–Crippen MR) is 285 cm³/mol. The molecule has 6 rings (SSSR count). The number of hydrogen-bond donors (Lipinski definition) is 1. The standard InChI is InChI=1S/C30H37F3N2O4.C29H35F3N2O4.Li.2H2O/c1-18(2)11-25(35-10-9-24(15-27(35)37)30(31,32)33)26(36)13-21(14-28(38)39-5)22-12-23(17-34-16-22)29-19(3)7-6-8-20(29)4;1-17(2)10-24(34-9-8-23(14-26(34)36)29(30,31)32)25(35)12-20(13-27(37)38)21-11-22(16-33-15-21)28-18(3)6-5-7-19(28)4;;;/h6-8,12,16-18,21,24-25H,9-11,13-15H2,1-5H3;5-7,11,15-17,20,23-24H,8-10,12-14H2,1-4H3,(H,37,38);;2*1H2/q;;+1;;/p-1/t21-,24?,25+;20-,23?,24+;;;/m00.../s1. The molecule has 2 saturated heterocycles. The first-order chi connectivity index (χ1) is 36.1. The van der Waals surface area contributed by atoms with Gasteiger partial charge in [-0.1, -0.05) is 64.1 Å². The molecule has 0 spiro atoms. The maximum absolute atomic E-state index is 13.7. The second-order valence-electron chi connectivity index (χ2n) is 21.6. The van der Waals surface area contributed by atoms with Gasteiger partial charge in [-0.05, 0) is 122 Å². The third-order valence-electron chi connectivity index (χ3n) is 14.7. The van der Waals surface area contributed by atoms with E-state index in [0.29, 0.717) is 24.0 Å². The van der Waals surface area contributed by atoms with Crippen molar-refractivity contribution in [3.05, 3.63) is 107 Å². The quantitative estimate of drug-likeness (QED) is 0.0503. The Morgan fingerprint density at radius 2 is 0.975 bits per heavy atom. The number of carbonyl (C=O) groups excluding carboxylic acids is 5. The van der Waals surface area contributed by atoms with Crippen LogP contribution in [0.5, 0.6) is 0 Å². The molecule has 2 amide bonds. The third-order valence-corrected chi connectivity index (χ3v) is 14.7. The Morgan fingerprint density at radius 3 is 1.27 bits per heavy atom. The number of halogens is 6. The molecule has 0 bridgehead atoms. The zero-order valence-electron chi connectivity index (χ0n) is 47.3. The Bertz CT molecular complexity index is 2720. The summed E-state index contributed by atoms with van der Waals surface area (Å²) < 4.78 is 84.2. The Kier molecular flexibility index (Phi) is 27.0. The van der Waals surface area contributed by atoms with Gasteiger partial charge in [0.05, 0.1) is 43.9 Å². The number of aromatic nitrogens is 2. The van der Waals surface area contributed by atoms with Crippen LogP contribution in [0.3, 0.4) is 0 Å². The van der Waals surface area contributed by atoms with Gasteiger partial charge >= 0.3 is 43.2 Å². The molecule has 2 aliphatic rings. The summed E-state index contributed by atoms with van der Waals surface area (Å²) in [5, 5.41) is 9.61. The number of carboxylic acid groups (broad SMARTS) is 1. The van der Waals surface area contributed by atoms with Gasteiger partial charge in [0.2, 0.25) is 11.8 Å². The van der Waals surface area contributed by atoms with E-state index in [-0.39, 0.29) is 105 Å². The van der Waals surface area contributed by atoms with Crippen molar-refractivity contribution in [2.75, 3.05) is 20.2 Å².